The normalized spacial score (nSPS) is 12.8. The van der Waals surface area contributed by atoms with Crippen LogP contribution in [0.2, 0.25) is 0 Å². The van der Waals surface area contributed by atoms with Gasteiger partial charge in [-0.2, -0.15) is 0 Å². The van der Waals surface area contributed by atoms with E-state index in [1.54, 1.807) is 6.92 Å². The molecule has 66 valence electrons. The first-order chi connectivity index (χ1) is 5.65. The number of hydrogen-bond donors (Lipinski definition) is 1. The van der Waals surface area contributed by atoms with Crippen LogP contribution in [0.1, 0.15) is 6.92 Å². The summed E-state index contributed by atoms with van der Waals surface area (Å²) in [6.07, 6.45) is 4.03. The molecule has 0 saturated carbocycles. The smallest absolute Gasteiger partial charge is 0.265 e. The summed E-state index contributed by atoms with van der Waals surface area (Å²) in [6.45, 7) is 4.72. The second-order valence-corrected chi connectivity index (χ2v) is 2.05. The highest BCUT2D eigenvalue weighted by molar-refractivity contribution is 5.25. The van der Waals surface area contributed by atoms with Crippen molar-refractivity contribution in [3.63, 3.8) is 0 Å². The Labute approximate surface area is 70.7 Å². The monoisotopic (exact) mass is 169 g/mol. The lowest BCUT2D eigenvalue weighted by molar-refractivity contribution is -0.419. The molecule has 4 heteroatoms. The molecule has 0 unspecified atom stereocenters. The van der Waals surface area contributed by atoms with Gasteiger partial charge in [0.15, 0.2) is 0 Å². The lowest BCUT2D eigenvalue weighted by atomic mass is 10.2. The Morgan fingerprint density at radius 3 is 2.58 bits per heavy atom. The average molecular weight is 169 g/mol. The van der Waals surface area contributed by atoms with Gasteiger partial charge in [-0.3, -0.25) is 10.1 Å². The van der Waals surface area contributed by atoms with E-state index >= 15 is 0 Å². The first kappa shape index (κ1) is 10.6. The zero-order chi connectivity index (χ0) is 9.56. The van der Waals surface area contributed by atoms with E-state index in [0.29, 0.717) is 5.57 Å². The van der Waals surface area contributed by atoms with Gasteiger partial charge in [-0.15, -0.1) is 0 Å². The summed E-state index contributed by atoms with van der Waals surface area (Å²) in [5, 5.41) is 18.9. The van der Waals surface area contributed by atoms with Crippen LogP contribution in [0.15, 0.2) is 36.1 Å². The molecular formula is C8H11NO3. The van der Waals surface area contributed by atoms with Gasteiger partial charge in [0.1, 0.15) is 0 Å². The fourth-order valence-corrected chi connectivity index (χ4v) is 0.601. The molecule has 0 aliphatic carbocycles. The second kappa shape index (κ2) is 5.26. The minimum absolute atomic E-state index is 0.0426. The summed E-state index contributed by atoms with van der Waals surface area (Å²) in [5.74, 6) is 0. The molecule has 0 fully saturated rings. The molecule has 0 spiro atoms. The van der Waals surface area contributed by atoms with E-state index in [1.807, 2.05) is 0 Å². The molecule has 0 radical (unpaired) electrons. The maximum absolute atomic E-state index is 10.3. The van der Waals surface area contributed by atoms with Crippen molar-refractivity contribution in [1.29, 1.82) is 0 Å². The van der Waals surface area contributed by atoms with Crippen molar-refractivity contribution in [3.8, 4) is 0 Å². The van der Waals surface area contributed by atoms with Crippen molar-refractivity contribution in [2.45, 2.75) is 6.92 Å². The molecule has 0 aromatic heterocycles. The summed E-state index contributed by atoms with van der Waals surface area (Å²) < 4.78 is 0. The topological polar surface area (TPSA) is 63.4 Å². The number of aliphatic hydroxyl groups excluding tert-OH is 1. The lowest BCUT2D eigenvalue weighted by Gasteiger charge is -1.94. The third-order valence-electron chi connectivity index (χ3n) is 1.28. The van der Waals surface area contributed by atoms with Crippen LogP contribution in [0.25, 0.3) is 0 Å². The van der Waals surface area contributed by atoms with E-state index in [2.05, 4.69) is 6.58 Å². The third-order valence-corrected chi connectivity index (χ3v) is 1.28. The standard InChI is InChI=1S/C8H11NO3/c1-3-7(6-10)5-8(4-2)9(11)12/h3-5,10H,1,6H2,2H3/b7-5+,8-4+. The maximum atomic E-state index is 10.3. The molecule has 0 aromatic rings. The Kier molecular flexibility index (Phi) is 4.64. The number of allylic oxidation sites excluding steroid dienone is 2. The Balaban J connectivity index is 4.68. The highest BCUT2D eigenvalue weighted by Gasteiger charge is 2.04. The zero-order valence-electron chi connectivity index (χ0n) is 6.86. The molecule has 0 saturated heterocycles. The zero-order valence-corrected chi connectivity index (χ0v) is 6.86. The molecular weight excluding hydrogens is 158 g/mol. The second-order valence-electron chi connectivity index (χ2n) is 2.05. The van der Waals surface area contributed by atoms with Crippen LogP contribution in [0.4, 0.5) is 0 Å². The molecule has 0 rings (SSSR count). The maximum Gasteiger partial charge on any atom is 0.265 e. The minimum atomic E-state index is -0.515. The van der Waals surface area contributed by atoms with Gasteiger partial charge in [0.2, 0.25) is 0 Å². The fourth-order valence-electron chi connectivity index (χ4n) is 0.601. The molecule has 0 aliphatic rings. The predicted octanol–water partition coefficient (Wildman–Crippen LogP) is 1.27. The summed E-state index contributed by atoms with van der Waals surface area (Å²) in [6, 6.07) is 0. The largest absolute Gasteiger partial charge is 0.392 e. The molecule has 0 bridgehead atoms. The first-order valence-corrected chi connectivity index (χ1v) is 3.40. The Morgan fingerprint density at radius 1 is 1.75 bits per heavy atom. The molecule has 0 amide bonds. The fraction of sp³-hybridized carbons (Fsp3) is 0.250. The van der Waals surface area contributed by atoms with Gasteiger partial charge in [0.25, 0.3) is 5.70 Å². The number of nitro groups is 1. The molecule has 4 nitrogen and oxygen atoms in total. The van der Waals surface area contributed by atoms with Crippen molar-refractivity contribution in [1.82, 2.24) is 0 Å². The Morgan fingerprint density at radius 2 is 2.33 bits per heavy atom. The Bertz CT molecular complexity index is 241. The summed E-state index contributed by atoms with van der Waals surface area (Å²) in [4.78, 5) is 9.76. The minimum Gasteiger partial charge on any atom is -0.392 e. The molecule has 1 N–H and O–H groups in total. The van der Waals surface area contributed by atoms with Crippen molar-refractivity contribution in [2.24, 2.45) is 0 Å². The summed E-state index contributed by atoms with van der Waals surface area (Å²) >= 11 is 0. The van der Waals surface area contributed by atoms with Crippen LogP contribution < -0.4 is 0 Å². The molecule has 0 aromatic carbocycles. The van der Waals surface area contributed by atoms with Crippen LogP contribution in [-0.2, 0) is 0 Å². The van der Waals surface area contributed by atoms with Crippen molar-refractivity contribution < 1.29 is 10.0 Å². The van der Waals surface area contributed by atoms with Gasteiger partial charge in [-0.1, -0.05) is 12.7 Å². The van der Waals surface area contributed by atoms with E-state index in [0.717, 1.165) is 0 Å². The summed E-state index contributed by atoms with van der Waals surface area (Å²) in [7, 11) is 0. The highest BCUT2D eigenvalue weighted by Crippen LogP contribution is 2.03. The number of nitrogens with zero attached hydrogens (tertiary/aromatic N) is 1. The Hall–Kier alpha value is -1.42. The SMILES string of the molecule is C=C/C(=C\C(=C/C)[N+](=O)[O-])CO. The molecule has 0 atom stereocenters. The van der Waals surface area contributed by atoms with Crippen LogP contribution in [0, 0.1) is 10.1 Å². The van der Waals surface area contributed by atoms with E-state index < -0.39 is 4.92 Å². The molecule has 0 heterocycles. The third kappa shape index (κ3) is 3.12. The van der Waals surface area contributed by atoms with Gasteiger partial charge in [0.05, 0.1) is 11.5 Å². The number of hydrogen-bond acceptors (Lipinski definition) is 3. The van der Waals surface area contributed by atoms with Gasteiger partial charge < -0.3 is 5.11 Å². The van der Waals surface area contributed by atoms with Gasteiger partial charge in [0, 0.05) is 6.08 Å². The van der Waals surface area contributed by atoms with Gasteiger partial charge in [-0.25, -0.2) is 0 Å². The highest BCUT2D eigenvalue weighted by atomic mass is 16.6. The van der Waals surface area contributed by atoms with Gasteiger partial charge >= 0.3 is 0 Å². The van der Waals surface area contributed by atoms with Crippen molar-refractivity contribution in [2.75, 3.05) is 6.61 Å². The van der Waals surface area contributed by atoms with Gasteiger partial charge in [-0.05, 0) is 18.6 Å². The van der Waals surface area contributed by atoms with Crippen LogP contribution in [0.5, 0.6) is 0 Å². The van der Waals surface area contributed by atoms with Crippen molar-refractivity contribution in [3.05, 3.63) is 46.2 Å². The van der Waals surface area contributed by atoms with E-state index in [9.17, 15) is 10.1 Å². The van der Waals surface area contributed by atoms with Crippen LogP contribution >= 0.6 is 0 Å². The van der Waals surface area contributed by atoms with Crippen LogP contribution in [-0.4, -0.2) is 16.6 Å². The molecule has 12 heavy (non-hydrogen) atoms. The predicted molar refractivity (Wildman–Crippen MR) is 46.1 cm³/mol. The average Bonchev–Trinajstić information content (AvgIpc) is 2.06. The quantitative estimate of drug-likeness (QED) is 0.391. The molecule has 0 aliphatic heterocycles. The first-order valence-electron chi connectivity index (χ1n) is 3.40. The number of aliphatic hydroxyl groups is 1. The van der Waals surface area contributed by atoms with E-state index in [4.69, 9.17) is 5.11 Å². The van der Waals surface area contributed by atoms with Crippen LogP contribution in [0.3, 0.4) is 0 Å². The van der Waals surface area contributed by atoms with E-state index in [1.165, 1.54) is 18.2 Å². The lowest BCUT2D eigenvalue weighted by Crippen LogP contribution is -1.97. The number of rotatable bonds is 4. The van der Waals surface area contributed by atoms with Crippen molar-refractivity contribution >= 4 is 0 Å². The summed E-state index contributed by atoms with van der Waals surface area (Å²) in [5.41, 5.74) is 0.388. The van der Waals surface area contributed by atoms with E-state index in [-0.39, 0.29) is 12.3 Å².